The SMILES string of the molecule is CC(=O)O[C@]1(C(=O)NCc2cc(F)cc(F)c2)CCN(c2ccc3[nH]ccc3c2)C2OC21. The first-order valence-corrected chi connectivity index (χ1v) is 10.3. The average Bonchev–Trinajstić information content (AvgIpc) is 3.41. The first-order valence-electron chi connectivity index (χ1n) is 10.3. The van der Waals surface area contributed by atoms with E-state index < -0.39 is 41.4 Å². The number of carbonyl (C=O) groups is 2. The molecular weight excluding hydrogens is 420 g/mol. The van der Waals surface area contributed by atoms with Crippen LogP contribution in [0.3, 0.4) is 0 Å². The van der Waals surface area contributed by atoms with E-state index in [1.54, 1.807) is 0 Å². The fourth-order valence-electron chi connectivity index (χ4n) is 4.43. The van der Waals surface area contributed by atoms with Crippen LogP contribution >= 0.6 is 0 Å². The van der Waals surface area contributed by atoms with Gasteiger partial charge in [0, 0.05) is 55.3 Å². The zero-order valence-electron chi connectivity index (χ0n) is 17.2. The highest BCUT2D eigenvalue weighted by Gasteiger charge is 2.66. The lowest BCUT2D eigenvalue weighted by Crippen LogP contribution is -2.59. The molecule has 1 aromatic heterocycles. The summed E-state index contributed by atoms with van der Waals surface area (Å²) in [5.74, 6) is -2.62. The smallest absolute Gasteiger partial charge is 0.303 e. The normalized spacial score (nSPS) is 24.2. The van der Waals surface area contributed by atoms with Gasteiger partial charge in [-0.2, -0.15) is 0 Å². The molecule has 0 spiro atoms. The Hall–Kier alpha value is -3.46. The number of ether oxygens (including phenoxy) is 2. The van der Waals surface area contributed by atoms with Gasteiger partial charge in [-0.15, -0.1) is 0 Å². The third kappa shape index (κ3) is 3.58. The molecule has 5 rings (SSSR count). The number of nitrogens with zero attached hydrogens (tertiary/aromatic N) is 1. The average molecular weight is 441 g/mol. The third-order valence-electron chi connectivity index (χ3n) is 5.91. The van der Waals surface area contributed by atoms with Crippen LogP contribution < -0.4 is 10.2 Å². The summed E-state index contributed by atoms with van der Waals surface area (Å²) in [5.41, 5.74) is 0.717. The number of hydrogen-bond acceptors (Lipinski definition) is 5. The minimum Gasteiger partial charge on any atom is -0.446 e. The molecule has 2 aromatic carbocycles. The van der Waals surface area contributed by atoms with Crippen molar-refractivity contribution in [3.63, 3.8) is 0 Å². The summed E-state index contributed by atoms with van der Waals surface area (Å²) >= 11 is 0. The second-order valence-corrected chi connectivity index (χ2v) is 8.08. The molecule has 7 nitrogen and oxygen atoms in total. The van der Waals surface area contributed by atoms with Crippen LogP contribution in [0.1, 0.15) is 18.9 Å². The minimum absolute atomic E-state index is 0.109. The molecule has 0 radical (unpaired) electrons. The largest absolute Gasteiger partial charge is 0.446 e. The molecule has 2 aliphatic rings. The molecule has 2 aliphatic heterocycles. The van der Waals surface area contributed by atoms with E-state index >= 15 is 0 Å². The number of nitrogens with one attached hydrogen (secondary N) is 2. The van der Waals surface area contributed by atoms with Gasteiger partial charge in [0.15, 0.2) is 12.3 Å². The molecule has 166 valence electrons. The molecule has 2 fully saturated rings. The standard InChI is InChI=1S/C23H21F2N3O4/c1-13(29)32-23(22(30)27-12-14-8-16(24)11-17(25)9-14)5-7-28(21-20(23)31-21)18-2-3-19-15(10-18)4-6-26-19/h2-4,6,8-11,20-21,26H,5,7,12H2,1H3,(H,27,30)/t20?,21?,23-/m1/s1. The molecule has 9 heteroatoms. The van der Waals surface area contributed by atoms with E-state index in [-0.39, 0.29) is 18.5 Å². The molecule has 3 heterocycles. The molecule has 0 aliphatic carbocycles. The van der Waals surface area contributed by atoms with Gasteiger partial charge in [0.25, 0.3) is 5.91 Å². The number of benzene rings is 2. The third-order valence-corrected chi connectivity index (χ3v) is 5.91. The number of amides is 1. The van der Waals surface area contributed by atoms with E-state index in [2.05, 4.69) is 10.3 Å². The van der Waals surface area contributed by atoms with Crippen LogP contribution in [0.25, 0.3) is 10.9 Å². The van der Waals surface area contributed by atoms with Crippen molar-refractivity contribution in [1.82, 2.24) is 10.3 Å². The summed E-state index contributed by atoms with van der Waals surface area (Å²) in [7, 11) is 0. The monoisotopic (exact) mass is 441 g/mol. The van der Waals surface area contributed by atoms with Crippen LogP contribution in [0.15, 0.2) is 48.7 Å². The molecule has 2 unspecified atom stereocenters. The number of hydrogen-bond donors (Lipinski definition) is 2. The van der Waals surface area contributed by atoms with Crippen LogP contribution in [0.4, 0.5) is 14.5 Å². The molecule has 0 bridgehead atoms. The number of rotatable bonds is 5. The van der Waals surface area contributed by atoms with E-state index in [0.717, 1.165) is 34.8 Å². The van der Waals surface area contributed by atoms with Gasteiger partial charge >= 0.3 is 5.97 Å². The van der Waals surface area contributed by atoms with Crippen LogP contribution in [0.5, 0.6) is 0 Å². The van der Waals surface area contributed by atoms with Gasteiger partial charge in [-0.05, 0) is 42.0 Å². The van der Waals surface area contributed by atoms with E-state index in [4.69, 9.17) is 9.47 Å². The summed E-state index contributed by atoms with van der Waals surface area (Å²) in [6, 6.07) is 11.0. The van der Waals surface area contributed by atoms with Crippen LogP contribution in [0, 0.1) is 11.6 Å². The van der Waals surface area contributed by atoms with Crippen molar-refractivity contribution < 1.29 is 27.8 Å². The second-order valence-electron chi connectivity index (χ2n) is 8.08. The predicted molar refractivity (Wildman–Crippen MR) is 112 cm³/mol. The van der Waals surface area contributed by atoms with Crippen molar-refractivity contribution in [3.8, 4) is 0 Å². The molecular formula is C23H21F2N3O4. The molecule has 32 heavy (non-hydrogen) atoms. The maximum Gasteiger partial charge on any atom is 0.303 e. The Balaban J connectivity index is 1.35. The summed E-state index contributed by atoms with van der Waals surface area (Å²) in [6.07, 6.45) is 1.01. The highest BCUT2D eigenvalue weighted by Crippen LogP contribution is 2.46. The molecule has 2 N–H and O–H groups in total. The minimum atomic E-state index is -1.50. The first-order chi connectivity index (χ1) is 15.4. The Morgan fingerprint density at radius 3 is 2.75 bits per heavy atom. The lowest BCUT2D eigenvalue weighted by molar-refractivity contribution is -0.170. The molecule has 3 aromatic rings. The number of H-pyrrole nitrogens is 1. The van der Waals surface area contributed by atoms with Crippen molar-refractivity contribution in [2.45, 2.75) is 37.8 Å². The van der Waals surface area contributed by atoms with Crippen molar-refractivity contribution in [3.05, 3.63) is 65.9 Å². The van der Waals surface area contributed by atoms with E-state index in [9.17, 15) is 18.4 Å². The maximum absolute atomic E-state index is 13.5. The highest BCUT2D eigenvalue weighted by molar-refractivity contribution is 5.90. The number of carbonyl (C=O) groups excluding carboxylic acids is 2. The Morgan fingerprint density at radius 1 is 1.22 bits per heavy atom. The maximum atomic E-state index is 13.5. The van der Waals surface area contributed by atoms with Gasteiger partial charge in [-0.25, -0.2) is 8.78 Å². The van der Waals surface area contributed by atoms with Crippen LogP contribution in [-0.4, -0.2) is 41.3 Å². The summed E-state index contributed by atoms with van der Waals surface area (Å²) in [4.78, 5) is 30.2. The van der Waals surface area contributed by atoms with Crippen molar-refractivity contribution in [2.24, 2.45) is 0 Å². The van der Waals surface area contributed by atoms with Crippen LogP contribution in [-0.2, 0) is 25.6 Å². The number of aromatic amines is 1. The molecule has 2 saturated heterocycles. The zero-order chi connectivity index (χ0) is 22.5. The summed E-state index contributed by atoms with van der Waals surface area (Å²) in [6.45, 7) is 1.55. The van der Waals surface area contributed by atoms with E-state index in [1.165, 1.54) is 6.92 Å². The van der Waals surface area contributed by atoms with E-state index in [0.29, 0.717) is 6.54 Å². The second kappa shape index (κ2) is 7.59. The van der Waals surface area contributed by atoms with Gasteiger partial charge in [0.1, 0.15) is 11.6 Å². The van der Waals surface area contributed by atoms with Crippen molar-refractivity contribution in [1.29, 1.82) is 0 Å². The number of anilines is 1. The lowest BCUT2D eigenvalue weighted by atomic mass is 9.89. The summed E-state index contributed by atoms with van der Waals surface area (Å²) < 4.78 is 38.3. The Kier molecular flexibility index (Phi) is 4.85. The highest BCUT2D eigenvalue weighted by atomic mass is 19.1. The molecule has 3 atom stereocenters. The fraction of sp³-hybridized carbons (Fsp3) is 0.304. The number of esters is 1. The number of piperidine rings is 1. The van der Waals surface area contributed by atoms with E-state index in [1.807, 2.05) is 35.4 Å². The number of epoxide rings is 1. The lowest BCUT2D eigenvalue weighted by Gasteiger charge is -2.37. The van der Waals surface area contributed by atoms with Crippen molar-refractivity contribution >= 4 is 28.5 Å². The Bertz CT molecular complexity index is 1190. The molecule has 0 saturated carbocycles. The number of fused-ring (bicyclic) bond motifs is 2. The topological polar surface area (TPSA) is 87.0 Å². The molecule has 1 amide bonds. The number of halogens is 2. The van der Waals surface area contributed by atoms with Gasteiger partial charge in [0.05, 0.1) is 0 Å². The number of aromatic nitrogens is 1. The van der Waals surface area contributed by atoms with Gasteiger partial charge < -0.3 is 24.7 Å². The first kappa shape index (κ1) is 20.4. The predicted octanol–water partition coefficient (Wildman–Crippen LogP) is 3.00. The van der Waals surface area contributed by atoms with Gasteiger partial charge in [0.2, 0.25) is 5.60 Å². The Morgan fingerprint density at radius 2 is 2.00 bits per heavy atom. The van der Waals surface area contributed by atoms with Gasteiger partial charge in [-0.1, -0.05) is 0 Å². The van der Waals surface area contributed by atoms with Crippen molar-refractivity contribution in [2.75, 3.05) is 11.4 Å². The quantitative estimate of drug-likeness (QED) is 0.470. The van der Waals surface area contributed by atoms with Gasteiger partial charge in [-0.3, -0.25) is 9.59 Å². The Labute approximate surface area is 182 Å². The zero-order valence-corrected chi connectivity index (χ0v) is 17.2. The fourth-order valence-corrected chi connectivity index (χ4v) is 4.43. The summed E-state index contributed by atoms with van der Waals surface area (Å²) in [5, 5.41) is 3.70. The van der Waals surface area contributed by atoms with Crippen LogP contribution in [0.2, 0.25) is 0 Å².